The van der Waals surface area contributed by atoms with Crippen LogP contribution >= 0.6 is 26.6 Å². The third kappa shape index (κ3) is 1.83. The molecule has 1 aliphatic rings. The highest BCUT2D eigenvalue weighted by Gasteiger charge is 2.27. The molecule has 0 atom stereocenters. The van der Waals surface area contributed by atoms with E-state index < -0.39 is 9.05 Å². The molecular formula is C7H8BrClN2O2S. The Hall–Kier alpha value is -0.0700. The standard InChI is InChI=1S/C7H8BrClN2O2S/c8-6-4-7(14(9,12)13)11(10-6)5-2-1-3-5/h4-5H,1-3H2. The summed E-state index contributed by atoms with van der Waals surface area (Å²) in [5, 5.41) is 4.15. The fraction of sp³-hybridized carbons (Fsp3) is 0.571. The molecule has 0 spiro atoms. The molecule has 4 nitrogen and oxygen atoms in total. The summed E-state index contributed by atoms with van der Waals surface area (Å²) in [4.78, 5) is 0. The first kappa shape index (κ1) is 10.4. The van der Waals surface area contributed by atoms with E-state index in [4.69, 9.17) is 10.7 Å². The number of nitrogens with zero attached hydrogens (tertiary/aromatic N) is 2. The smallest absolute Gasteiger partial charge is 0.249 e. The van der Waals surface area contributed by atoms with Crippen molar-refractivity contribution >= 4 is 35.7 Å². The minimum absolute atomic E-state index is 0.0794. The highest BCUT2D eigenvalue weighted by Crippen LogP contribution is 2.34. The second-order valence-corrected chi connectivity index (χ2v) is 6.60. The van der Waals surface area contributed by atoms with Crippen LogP contribution in [0.4, 0.5) is 0 Å². The average Bonchev–Trinajstić information content (AvgIpc) is 2.26. The van der Waals surface area contributed by atoms with Gasteiger partial charge in [0.2, 0.25) is 0 Å². The van der Waals surface area contributed by atoms with E-state index in [1.807, 2.05) is 0 Å². The van der Waals surface area contributed by atoms with Crippen molar-refractivity contribution in [1.82, 2.24) is 9.78 Å². The van der Waals surface area contributed by atoms with Crippen LogP contribution in [0.1, 0.15) is 25.3 Å². The van der Waals surface area contributed by atoms with Crippen LogP contribution in [0.5, 0.6) is 0 Å². The maximum atomic E-state index is 11.2. The Bertz CT molecular complexity index is 452. The first-order valence-electron chi connectivity index (χ1n) is 4.18. The van der Waals surface area contributed by atoms with Crippen molar-refractivity contribution < 1.29 is 8.42 Å². The lowest BCUT2D eigenvalue weighted by Crippen LogP contribution is -2.20. The molecule has 0 aliphatic heterocycles. The first-order chi connectivity index (χ1) is 6.48. The van der Waals surface area contributed by atoms with Crippen LogP contribution in [0, 0.1) is 0 Å². The van der Waals surface area contributed by atoms with E-state index in [0.717, 1.165) is 19.3 Å². The number of rotatable bonds is 2. The van der Waals surface area contributed by atoms with Crippen LogP contribution in [-0.4, -0.2) is 18.2 Å². The van der Waals surface area contributed by atoms with Gasteiger partial charge in [-0.15, -0.1) is 0 Å². The monoisotopic (exact) mass is 298 g/mol. The fourth-order valence-corrected chi connectivity index (χ4v) is 2.97. The molecule has 0 radical (unpaired) electrons. The minimum atomic E-state index is -3.69. The van der Waals surface area contributed by atoms with E-state index in [9.17, 15) is 8.42 Å². The third-order valence-corrected chi connectivity index (χ3v) is 4.01. The van der Waals surface area contributed by atoms with Crippen molar-refractivity contribution in [3.63, 3.8) is 0 Å². The van der Waals surface area contributed by atoms with Crippen LogP contribution in [0.15, 0.2) is 15.7 Å². The summed E-state index contributed by atoms with van der Waals surface area (Å²) < 4.78 is 24.4. The predicted octanol–water partition coefficient (Wildman–Crippen LogP) is 2.30. The van der Waals surface area contributed by atoms with Gasteiger partial charge in [-0.25, -0.2) is 13.1 Å². The second kappa shape index (κ2) is 3.50. The summed E-state index contributed by atoms with van der Waals surface area (Å²) in [7, 11) is 1.60. The van der Waals surface area contributed by atoms with Crippen molar-refractivity contribution in [3.05, 3.63) is 10.7 Å². The molecule has 1 saturated carbocycles. The van der Waals surface area contributed by atoms with Gasteiger partial charge in [0.1, 0.15) is 4.60 Å². The van der Waals surface area contributed by atoms with Crippen molar-refractivity contribution in [3.8, 4) is 0 Å². The third-order valence-electron chi connectivity index (χ3n) is 2.34. The van der Waals surface area contributed by atoms with Gasteiger partial charge in [-0.05, 0) is 35.2 Å². The lowest BCUT2D eigenvalue weighted by atomic mass is 9.93. The molecule has 0 N–H and O–H groups in total. The van der Waals surface area contributed by atoms with E-state index >= 15 is 0 Å². The predicted molar refractivity (Wildman–Crippen MR) is 55.9 cm³/mol. The lowest BCUT2D eigenvalue weighted by Gasteiger charge is -2.26. The number of hydrogen-bond donors (Lipinski definition) is 0. The van der Waals surface area contributed by atoms with Crippen LogP contribution in [0.25, 0.3) is 0 Å². The van der Waals surface area contributed by atoms with Gasteiger partial charge in [0, 0.05) is 16.7 Å². The van der Waals surface area contributed by atoms with E-state index in [1.165, 1.54) is 10.7 Å². The molecule has 0 amide bonds. The fourth-order valence-electron chi connectivity index (χ4n) is 1.42. The molecule has 14 heavy (non-hydrogen) atoms. The minimum Gasteiger partial charge on any atom is -0.249 e. The van der Waals surface area contributed by atoms with Gasteiger partial charge < -0.3 is 0 Å². The van der Waals surface area contributed by atoms with Crippen molar-refractivity contribution in [2.24, 2.45) is 0 Å². The maximum absolute atomic E-state index is 11.2. The van der Waals surface area contributed by atoms with Crippen LogP contribution in [-0.2, 0) is 9.05 Å². The number of aromatic nitrogens is 2. The second-order valence-electron chi connectivity index (χ2n) is 3.27. The van der Waals surface area contributed by atoms with Crippen molar-refractivity contribution in [1.29, 1.82) is 0 Å². The summed E-state index contributed by atoms with van der Waals surface area (Å²) in [6.45, 7) is 0. The highest BCUT2D eigenvalue weighted by atomic mass is 79.9. The number of halogens is 2. The zero-order chi connectivity index (χ0) is 10.3. The molecule has 0 aromatic carbocycles. The van der Waals surface area contributed by atoms with Crippen LogP contribution in [0.3, 0.4) is 0 Å². The quantitative estimate of drug-likeness (QED) is 0.787. The molecule has 0 bridgehead atoms. The van der Waals surface area contributed by atoms with Gasteiger partial charge in [0.25, 0.3) is 9.05 Å². The molecular weight excluding hydrogens is 292 g/mol. The molecule has 2 rings (SSSR count). The molecule has 78 valence electrons. The molecule has 0 saturated heterocycles. The number of hydrogen-bond acceptors (Lipinski definition) is 3. The first-order valence-corrected chi connectivity index (χ1v) is 7.28. The van der Waals surface area contributed by atoms with Gasteiger partial charge in [-0.1, -0.05) is 0 Å². The summed E-state index contributed by atoms with van der Waals surface area (Å²) >= 11 is 3.14. The van der Waals surface area contributed by atoms with Gasteiger partial charge in [-0.2, -0.15) is 5.10 Å². The summed E-state index contributed by atoms with van der Waals surface area (Å²) in [6, 6.07) is 1.62. The van der Waals surface area contributed by atoms with Gasteiger partial charge >= 0.3 is 0 Å². The van der Waals surface area contributed by atoms with Gasteiger partial charge in [-0.3, -0.25) is 0 Å². The maximum Gasteiger partial charge on any atom is 0.278 e. The lowest BCUT2D eigenvalue weighted by molar-refractivity contribution is 0.271. The topological polar surface area (TPSA) is 52.0 Å². The molecule has 1 fully saturated rings. The molecule has 7 heteroatoms. The Labute approximate surface area is 94.8 Å². The Kier molecular flexibility index (Phi) is 2.61. The Morgan fingerprint density at radius 1 is 1.57 bits per heavy atom. The molecule has 0 unspecified atom stereocenters. The van der Waals surface area contributed by atoms with E-state index in [-0.39, 0.29) is 11.1 Å². The Balaban J connectivity index is 2.48. The van der Waals surface area contributed by atoms with Crippen molar-refractivity contribution in [2.45, 2.75) is 30.3 Å². The Morgan fingerprint density at radius 2 is 2.21 bits per heavy atom. The van der Waals surface area contributed by atoms with Gasteiger partial charge in [0.05, 0.1) is 6.04 Å². The van der Waals surface area contributed by atoms with E-state index in [2.05, 4.69) is 21.0 Å². The zero-order valence-electron chi connectivity index (χ0n) is 7.15. The molecule has 1 aliphatic carbocycles. The Morgan fingerprint density at radius 3 is 2.64 bits per heavy atom. The van der Waals surface area contributed by atoms with Crippen LogP contribution in [0.2, 0.25) is 0 Å². The van der Waals surface area contributed by atoms with E-state index in [1.54, 1.807) is 0 Å². The van der Waals surface area contributed by atoms with Gasteiger partial charge in [0.15, 0.2) is 5.03 Å². The van der Waals surface area contributed by atoms with Crippen molar-refractivity contribution in [2.75, 3.05) is 0 Å². The highest BCUT2D eigenvalue weighted by molar-refractivity contribution is 9.10. The summed E-state index contributed by atoms with van der Waals surface area (Å²) in [5.41, 5.74) is 0. The molecule has 1 aromatic rings. The van der Waals surface area contributed by atoms with Crippen LogP contribution < -0.4 is 0 Å². The van der Waals surface area contributed by atoms with E-state index in [0.29, 0.717) is 4.60 Å². The molecule has 1 heterocycles. The largest absolute Gasteiger partial charge is 0.278 e. The SMILES string of the molecule is O=S(=O)(Cl)c1cc(Br)nn1C1CCC1. The summed E-state index contributed by atoms with van der Waals surface area (Å²) in [6.07, 6.45) is 3.05. The zero-order valence-corrected chi connectivity index (χ0v) is 10.3. The average molecular weight is 300 g/mol. The molecule has 1 aromatic heterocycles. The summed E-state index contributed by atoms with van der Waals surface area (Å²) in [5.74, 6) is 0. The normalized spacial score (nSPS) is 18.1.